The Balaban J connectivity index is 2.14. The van der Waals surface area contributed by atoms with Crippen molar-refractivity contribution in [2.45, 2.75) is 63.5 Å². The quantitative estimate of drug-likeness (QED) is 0.793. The van der Waals surface area contributed by atoms with Gasteiger partial charge in [-0.25, -0.2) is 8.42 Å². The predicted octanol–water partition coefficient (Wildman–Crippen LogP) is 2.74. The first kappa shape index (κ1) is 14.0. The van der Waals surface area contributed by atoms with Gasteiger partial charge in [-0.1, -0.05) is 32.6 Å². The molecule has 1 aliphatic heterocycles. The van der Waals surface area contributed by atoms with Gasteiger partial charge in [0.05, 0.1) is 5.75 Å². The number of hydrogen-bond acceptors (Lipinski definition) is 3. The summed E-state index contributed by atoms with van der Waals surface area (Å²) in [6.45, 7) is 2.12. The summed E-state index contributed by atoms with van der Waals surface area (Å²) in [6, 6.07) is 0. The summed E-state index contributed by atoms with van der Waals surface area (Å²) in [5.41, 5.74) is 0. The molecule has 2 aliphatic rings. The Morgan fingerprint density at radius 2 is 1.72 bits per heavy atom. The van der Waals surface area contributed by atoms with E-state index in [1.54, 1.807) is 0 Å². The van der Waals surface area contributed by atoms with E-state index >= 15 is 0 Å². The zero-order chi connectivity index (χ0) is 13.2. The number of rotatable bonds is 3. The molecule has 0 amide bonds. The maximum atomic E-state index is 12.6. The first-order valence-corrected chi connectivity index (χ1v) is 9.03. The van der Waals surface area contributed by atoms with E-state index in [2.05, 4.69) is 6.92 Å². The molecule has 0 aromatic carbocycles. The van der Waals surface area contributed by atoms with Crippen LogP contribution in [0.15, 0.2) is 0 Å². The highest BCUT2D eigenvalue weighted by Crippen LogP contribution is 2.36. The van der Waals surface area contributed by atoms with E-state index in [4.69, 9.17) is 0 Å². The van der Waals surface area contributed by atoms with E-state index in [9.17, 15) is 13.2 Å². The van der Waals surface area contributed by atoms with Crippen LogP contribution in [0.4, 0.5) is 0 Å². The van der Waals surface area contributed by atoms with Crippen LogP contribution in [-0.4, -0.2) is 25.2 Å². The van der Waals surface area contributed by atoms with Crippen molar-refractivity contribution in [1.82, 2.24) is 0 Å². The van der Waals surface area contributed by atoms with Crippen molar-refractivity contribution in [3.05, 3.63) is 0 Å². The second kappa shape index (κ2) is 5.72. The standard InChI is InChI=1S/C14H24O3S/c1-2-11-7-3-4-8-12(11)14(15)13-9-5-6-10-18(13,16)17/h11-13H,2-10H2,1H3. The molecule has 0 spiro atoms. The van der Waals surface area contributed by atoms with Crippen LogP contribution in [0.5, 0.6) is 0 Å². The maximum absolute atomic E-state index is 12.6. The topological polar surface area (TPSA) is 51.2 Å². The summed E-state index contributed by atoms with van der Waals surface area (Å²) >= 11 is 0. The van der Waals surface area contributed by atoms with Crippen LogP contribution >= 0.6 is 0 Å². The molecule has 4 heteroatoms. The lowest BCUT2D eigenvalue weighted by Gasteiger charge is -2.33. The van der Waals surface area contributed by atoms with Crippen molar-refractivity contribution in [2.24, 2.45) is 11.8 Å². The van der Waals surface area contributed by atoms with Crippen molar-refractivity contribution in [3.63, 3.8) is 0 Å². The Hall–Kier alpha value is -0.380. The second-order valence-corrected chi connectivity index (χ2v) is 8.12. The molecule has 2 rings (SSSR count). The number of ketones is 1. The summed E-state index contributed by atoms with van der Waals surface area (Å²) in [6.07, 6.45) is 7.47. The number of Topliss-reactive ketones (excluding diaryl/α,β-unsaturated/α-hetero) is 1. The van der Waals surface area contributed by atoms with Gasteiger partial charge in [-0.3, -0.25) is 4.79 Å². The highest BCUT2D eigenvalue weighted by Gasteiger charge is 2.40. The van der Waals surface area contributed by atoms with E-state index in [-0.39, 0.29) is 17.5 Å². The fourth-order valence-electron chi connectivity index (χ4n) is 3.58. The fourth-order valence-corrected chi connectivity index (χ4v) is 5.53. The Morgan fingerprint density at radius 1 is 1.06 bits per heavy atom. The monoisotopic (exact) mass is 272 g/mol. The lowest BCUT2D eigenvalue weighted by Crippen LogP contribution is -2.42. The van der Waals surface area contributed by atoms with E-state index in [0.717, 1.165) is 38.5 Å². The summed E-state index contributed by atoms with van der Waals surface area (Å²) in [5, 5.41) is -0.677. The smallest absolute Gasteiger partial charge is 0.160 e. The molecule has 0 aromatic rings. The second-order valence-electron chi connectivity index (χ2n) is 5.81. The molecule has 104 valence electrons. The van der Waals surface area contributed by atoms with Gasteiger partial charge in [0.1, 0.15) is 5.25 Å². The predicted molar refractivity (Wildman–Crippen MR) is 72.2 cm³/mol. The lowest BCUT2D eigenvalue weighted by molar-refractivity contribution is -0.125. The molecule has 2 fully saturated rings. The van der Waals surface area contributed by atoms with Crippen molar-refractivity contribution >= 4 is 15.6 Å². The Bertz CT molecular complexity index is 399. The zero-order valence-corrected chi connectivity index (χ0v) is 12.0. The average Bonchev–Trinajstić information content (AvgIpc) is 2.37. The highest BCUT2D eigenvalue weighted by atomic mass is 32.2. The summed E-state index contributed by atoms with van der Waals surface area (Å²) in [4.78, 5) is 12.6. The van der Waals surface area contributed by atoms with Gasteiger partial charge in [0.2, 0.25) is 0 Å². The summed E-state index contributed by atoms with van der Waals surface area (Å²) in [7, 11) is -3.15. The van der Waals surface area contributed by atoms with Gasteiger partial charge in [0.25, 0.3) is 0 Å². The largest absolute Gasteiger partial charge is 0.298 e. The number of carbonyl (C=O) groups is 1. The van der Waals surface area contributed by atoms with Gasteiger partial charge in [-0.05, 0) is 31.6 Å². The van der Waals surface area contributed by atoms with Crippen molar-refractivity contribution in [2.75, 3.05) is 5.75 Å². The van der Waals surface area contributed by atoms with Gasteiger partial charge in [-0.15, -0.1) is 0 Å². The zero-order valence-electron chi connectivity index (χ0n) is 11.2. The molecular formula is C14H24O3S. The maximum Gasteiger partial charge on any atom is 0.160 e. The minimum absolute atomic E-state index is 0.0154. The molecular weight excluding hydrogens is 248 g/mol. The molecule has 1 saturated carbocycles. The number of hydrogen-bond donors (Lipinski definition) is 0. The molecule has 1 aliphatic carbocycles. The van der Waals surface area contributed by atoms with E-state index in [1.807, 2.05) is 0 Å². The molecule has 3 atom stereocenters. The van der Waals surface area contributed by atoms with E-state index < -0.39 is 15.1 Å². The van der Waals surface area contributed by atoms with Crippen LogP contribution in [-0.2, 0) is 14.6 Å². The molecule has 18 heavy (non-hydrogen) atoms. The van der Waals surface area contributed by atoms with Gasteiger partial charge in [0.15, 0.2) is 15.6 Å². The fraction of sp³-hybridized carbons (Fsp3) is 0.929. The Labute approximate surface area is 110 Å². The third-order valence-corrected chi connectivity index (χ3v) is 6.89. The average molecular weight is 272 g/mol. The van der Waals surface area contributed by atoms with Crippen LogP contribution in [0.1, 0.15) is 58.3 Å². The van der Waals surface area contributed by atoms with Gasteiger partial charge in [-0.2, -0.15) is 0 Å². The normalized spacial score (nSPS) is 36.2. The Morgan fingerprint density at radius 3 is 2.39 bits per heavy atom. The molecule has 1 heterocycles. The van der Waals surface area contributed by atoms with Crippen LogP contribution < -0.4 is 0 Å². The molecule has 3 unspecified atom stereocenters. The molecule has 0 aromatic heterocycles. The van der Waals surface area contributed by atoms with Crippen LogP contribution in [0, 0.1) is 11.8 Å². The van der Waals surface area contributed by atoms with Gasteiger partial charge in [0, 0.05) is 5.92 Å². The summed E-state index contributed by atoms with van der Waals surface area (Å²) in [5.74, 6) is 0.693. The van der Waals surface area contributed by atoms with Gasteiger partial charge >= 0.3 is 0 Å². The molecule has 3 nitrogen and oxygen atoms in total. The van der Waals surface area contributed by atoms with Gasteiger partial charge < -0.3 is 0 Å². The van der Waals surface area contributed by atoms with E-state index in [1.165, 1.54) is 6.42 Å². The third kappa shape index (κ3) is 2.79. The molecule has 0 radical (unpaired) electrons. The minimum Gasteiger partial charge on any atom is -0.298 e. The highest BCUT2D eigenvalue weighted by molar-refractivity contribution is 7.92. The third-order valence-electron chi connectivity index (χ3n) is 4.69. The molecule has 0 bridgehead atoms. The molecule has 1 saturated heterocycles. The Kier molecular flexibility index (Phi) is 4.46. The van der Waals surface area contributed by atoms with E-state index in [0.29, 0.717) is 12.3 Å². The SMILES string of the molecule is CCC1CCCCC1C(=O)C1CCCCS1(=O)=O. The van der Waals surface area contributed by atoms with Crippen molar-refractivity contribution < 1.29 is 13.2 Å². The first-order valence-electron chi connectivity index (χ1n) is 7.31. The lowest BCUT2D eigenvalue weighted by atomic mass is 9.74. The molecule has 0 N–H and O–H groups in total. The first-order chi connectivity index (χ1) is 8.56. The van der Waals surface area contributed by atoms with Crippen LogP contribution in [0.3, 0.4) is 0 Å². The summed E-state index contributed by atoms with van der Waals surface area (Å²) < 4.78 is 24.1. The number of carbonyl (C=O) groups excluding carboxylic acids is 1. The van der Waals surface area contributed by atoms with Crippen LogP contribution in [0.2, 0.25) is 0 Å². The minimum atomic E-state index is -3.15. The van der Waals surface area contributed by atoms with Crippen molar-refractivity contribution in [1.29, 1.82) is 0 Å². The van der Waals surface area contributed by atoms with Crippen molar-refractivity contribution in [3.8, 4) is 0 Å². The van der Waals surface area contributed by atoms with Crippen LogP contribution in [0.25, 0.3) is 0 Å². The number of sulfone groups is 1.